The Morgan fingerprint density at radius 2 is 1.80 bits per heavy atom. The zero-order valence-electron chi connectivity index (χ0n) is 15.5. The van der Waals surface area contributed by atoms with Crippen molar-refractivity contribution in [2.24, 2.45) is 0 Å². The van der Waals surface area contributed by atoms with Gasteiger partial charge in [0.05, 0.1) is 12.5 Å². The maximum absolute atomic E-state index is 13.7. The first kappa shape index (κ1) is 21.7. The smallest absolute Gasteiger partial charge is 0.291 e. The third-order valence-electron chi connectivity index (χ3n) is 4.19. The quantitative estimate of drug-likeness (QED) is 0.479. The minimum atomic E-state index is -1.30. The van der Waals surface area contributed by atoms with Gasteiger partial charge < -0.3 is 20.2 Å². The van der Waals surface area contributed by atoms with Crippen molar-refractivity contribution in [1.29, 1.82) is 0 Å². The summed E-state index contributed by atoms with van der Waals surface area (Å²) in [6.45, 7) is -0.214. The topological polar surface area (TPSA) is 91.6 Å². The number of hydrogen-bond acceptors (Lipinski definition) is 4. The zero-order chi connectivity index (χ0) is 21.7. The fraction of sp³-hybridized carbons (Fsp3) is 0.143. The maximum atomic E-state index is 13.7. The Kier molecular flexibility index (Phi) is 6.96. The second kappa shape index (κ2) is 9.64. The summed E-state index contributed by atoms with van der Waals surface area (Å²) in [6, 6.07) is 12.6. The van der Waals surface area contributed by atoms with Crippen LogP contribution in [0.4, 0.5) is 14.5 Å². The minimum Gasteiger partial charge on any atom is -0.444 e. The number of hydrogen-bond donors (Lipinski definition) is 3. The summed E-state index contributed by atoms with van der Waals surface area (Å²) < 4.78 is 32.2. The van der Waals surface area contributed by atoms with Crippen LogP contribution in [-0.4, -0.2) is 23.5 Å². The Balaban J connectivity index is 1.50. The number of halogens is 3. The SMILES string of the molecule is O=C(Cc1ccc(NC(=O)c2ccc(Br)o2)cc1)NCC(O)c1ccc(F)cc1F. The number of nitrogens with one attached hydrogen (secondary N) is 2. The van der Waals surface area contributed by atoms with Crippen LogP contribution in [0.2, 0.25) is 0 Å². The number of carbonyl (C=O) groups is 2. The first-order valence-corrected chi connectivity index (χ1v) is 9.66. The van der Waals surface area contributed by atoms with Crippen LogP contribution in [0.3, 0.4) is 0 Å². The van der Waals surface area contributed by atoms with Gasteiger partial charge in [0.2, 0.25) is 5.91 Å². The number of carbonyl (C=O) groups excluding carboxylic acids is 2. The Morgan fingerprint density at radius 3 is 2.43 bits per heavy atom. The van der Waals surface area contributed by atoms with E-state index in [4.69, 9.17) is 4.42 Å². The third-order valence-corrected chi connectivity index (χ3v) is 4.61. The highest BCUT2D eigenvalue weighted by Gasteiger charge is 2.15. The number of amides is 2. The molecule has 1 aromatic heterocycles. The molecule has 0 aliphatic carbocycles. The second-order valence-electron chi connectivity index (χ2n) is 6.42. The van der Waals surface area contributed by atoms with Gasteiger partial charge in [-0.1, -0.05) is 18.2 Å². The van der Waals surface area contributed by atoms with Crippen LogP contribution in [0.25, 0.3) is 0 Å². The highest BCUT2D eigenvalue weighted by atomic mass is 79.9. The van der Waals surface area contributed by atoms with Crippen LogP contribution in [0.15, 0.2) is 63.7 Å². The van der Waals surface area contributed by atoms with E-state index in [1.807, 2.05) is 0 Å². The van der Waals surface area contributed by atoms with Gasteiger partial charge in [0.25, 0.3) is 5.91 Å². The molecule has 3 N–H and O–H groups in total. The van der Waals surface area contributed by atoms with Crippen molar-refractivity contribution in [3.05, 3.63) is 87.8 Å². The van der Waals surface area contributed by atoms with Crippen molar-refractivity contribution in [3.63, 3.8) is 0 Å². The van der Waals surface area contributed by atoms with E-state index in [9.17, 15) is 23.5 Å². The summed E-state index contributed by atoms with van der Waals surface area (Å²) in [5.74, 6) is -2.26. The molecular formula is C21H17BrF2N2O4. The largest absolute Gasteiger partial charge is 0.444 e. The van der Waals surface area contributed by atoms with E-state index < -0.39 is 23.6 Å². The third kappa shape index (κ3) is 5.74. The van der Waals surface area contributed by atoms with Crippen molar-refractivity contribution >= 4 is 33.4 Å². The highest BCUT2D eigenvalue weighted by molar-refractivity contribution is 9.10. The van der Waals surface area contributed by atoms with E-state index in [1.54, 1.807) is 30.3 Å². The number of benzene rings is 2. The van der Waals surface area contributed by atoms with Crippen LogP contribution in [0.1, 0.15) is 27.8 Å². The van der Waals surface area contributed by atoms with Crippen LogP contribution in [0.5, 0.6) is 0 Å². The molecule has 0 saturated heterocycles. The van der Waals surface area contributed by atoms with Crippen molar-refractivity contribution in [2.75, 3.05) is 11.9 Å². The molecule has 9 heteroatoms. The van der Waals surface area contributed by atoms with Crippen LogP contribution >= 0.6 is 15.9 Å². The molecule has 0 fully saturated rings. The standard InChI is InChI=1S/C21H17BrF2N2O4/c22-19-8-7-18(30-19)21(29)26-14-4-1-12(2-5-14)9-20(28)25-11-17(27)15-6-3-13(23)10-16(15)24/h1-8,10,17,27H,9,11H2,(H,25,28)(H,26,29). The molecule has 0 radical (unpaired) electrons. The van der Waals surface area contributed by atoms with E-state index in [-0.39, 0.29) is 30.2 Å². The van der Waals surface area contributed by atoms with E-state index in [2.05, 4.69) is 26.6 Å². The van der Waals surface area contributed by atoms with Gasteiger partial charge in [0, 0.05) is 23.9 Å². The summed E-state index contributed by atoms with van der Waals surface area (Å²) in [6.07, 6.45) is -1.27. The monoisotopic (exact) mass is 478 g/mol. The molecule has 156 valence electrons. The lowest BCUT2D eigenvalue weighted by atomic mass is 10.1. The lowest BCUT2D eigenvalue weighted by Gasteiger charge is -2.13. The van der Waals surface area contributed by atoms with E-state index in [0.29, 0.717) is 22.0 Å². The van der Waals surface area contributed by atoms with Gasteiger partial charge in [-0.25, -0.2) is 8.78 Å². The van der Waals surface area contributed by atoms with Crippen molar-refractivity contribution < 1.29 is 27.9 Å². The number of rotatable bonds is 7. The van der Waals surface area contributed by atoms with Gasteiger partial charge in [0.1, 0.15) is 11.6 Å². The van der Waals surface area contributed by atoms with Gasteiger partial charge in [0.15, 0.2) is 10.4 Å². The lowest BCUT2D eigenvalue weighted by molar-refractivity contribution is -0.120. The minimum absolute atomic E-state index is 0.0258. The average Bonchev–Trinajstić information content (AvgIpc) is 3.14. The van der Waals surface area contributed by atoms with Gasteiger partial charge in [-0.15, -0.1) is 0 Å². The molecule has 0 bridgehead atoms. The molecule has 2 aromatic carbocycles. The van der Waals surface area contributed by atoms with Crippen LogP contribution in [-0.2, 0) is 11.2 Å². The highest BCUT2D eigenvalue weighted by Crippen LogP contribution is 2.18. The Labute approximate surface area is 179 Å². The average molecular weight is 479 g/mol. The maximum Gasteiger partial charge on any atom is 0.291 e. The summed E-state index contributed by atoms with van der Waals surface area (Å²) in [4.78, 5) is 24.1. The molecule has 2 amide bonds. The van der Waals surface area contributed by atoms with Gasteiger partial charge >= 0.3 is 0 Å². The Hall–Kier alpha value is -3.04. The lowest BCUT2D eigenvalue weighted by Crippen LogP contribution is -2.30. The predicted octanol–water partition coefficient (Wildman–Crippen LogP) is 3.96. The van der Waals surface area contributed by atoms with E-state index in [0.717, 1.165) is 12.1 Å². The number of anilines is 1. The summed E-state index contributed by atoms with van der Waals surface area (Å²) >= 11 is 3.13. The fourth-order valence-corrected chi connectivity index (χ4v) is 2.98. The van der Waals surface area contributed by atoms with Gasteiger partial charge in [-0.05, 0) is 51.8 Å². The Bertz CT molecular complexity index is 1050. The summed E-state index contributed by atoms with van der Waals surface area (Å²) in [5, 5.41) is 15.2. The molecule has 0 spiro atoms. The molecule has 1 heterocycles. The molecule has 3 rings (SSSR count). The molecule has 0 saturated carbocycles. The van der Waals surface area contributed by atoms with Crippen molar-refractivity contribution in [2.45, 2.75) is 12.5 Å². The van der Waals surface area contributed by atoms with Crippen LogP contribution < -0.4 is 10.6 Å². The fourth-order valence-electron chi connectivity index (χ4n) is 2.68. The van der Waals surface area contributed by atoms with Gasteiger partial charge in [-0.3, -0.25) is 9.59 Å². The summed E-state index contributed by atoms with van der Waals surface area (Å²) in [5.41, 5.74) is 1.10. The van der Waals surface area contributed by atoms with Crippen molar-refractivity contribution in [1.82, 2.24) is 5.32 Å². The number of aliphatic hydroxyl groups excluding tert-OH is 1. The molecule has 3 aromatic rings. The van der Waals surface area contributed by atoms with Gasteiger partial charge in [-0.2, -0.15) is 0 Å². The number of furan rings is 1. The molecule has 0 aliphatic rings. The van der Waals surface area contributed by atoms with Crippen molar-refractivity contribution in [3.8, 4) is 0 Å². The van der Waals surface area contributed by atoms with E-state index in [1.165, 1.54) is 6.07 Å². The molecule has 30 heavy (non-hydrogen) atoms. The zero-order valence-corrected chi connectivity index (χ0v) is 17.1. The van der Waals surface area contributed by atoms with Crippen LogP contribution in [0, 0.1) is 11.6 Å². The molecule has 6 nitrogen and oxygen atoms in total. The Morgan fingerprint density at radius 1 is 1.07 bits per heavy atom. The molecule has 1 unspecified atom stereocenters. The molecule has 1 atom stereocenters. The number of aliphatic hydroxyl groups is 1. The summed E-state index contributed by atoms with van der Waals surface area (Å²) in [7, 11) is 0. The molecular weight excluding hydrogens is 462 g/mol. The van der Waals surface area contributed by atoms with E-state index >= 15 is 0 Å². The predicted molar refractivity (Wildman–Crippen MR) is 109 cm³/mol. The first-order valence-electron chi connectivity index (χ1n) is 8.87. The first-order chi connectivity index (χ1) is 14.3. The molecule has 0 aliphatic heterocycles. The normalized spacial score (nSPS) is 11.7. The second-order valence-corrected chi connectivity index (χ2v) is 7.20.